The molecule has 4 heteroatoms. The second-order valence-electron chi connectivity index (χ2n) is 6.50. The highest BCUT2D eigenvalue weighted by atomic mass is 16.6. The predicted octanol–water partition coefficient (Wildman–Crippen LogP) is 4.35. The summed E-state index contributed by atoms with van der Waals surface area (Å²) < 4.78 is 5.45. The van der Waals surface area contributed by atoms with Crippen LogP contribution in [0.4, 0.5) is 4.79 Å². The average Bonchev–Trinajstić information content (AvgIpc) is 2.48. The molecular formula is C19H27NO3. The van der Waals surface area contributed by atoms with Gasteiger partial charge in [-0.05, 0) is 32.8 Å². The van der Waals surface area contributed by atoms with Gasteiger partial charge in [-0.1, -0.05) is 36.4 Å². The molecule has 126 valence electrons. The zero-order valence-electron chi connectivity index (χ0n) is 14.4. The van der Waals surface area contributed by atoms with Crippen LogP contribution in [0.1, 0.15) is 45.6 Å². The molecule has 0 radical (unpaired) electrons. The number of ketones is 1. The number of ether oxygens (including phenoxy) is 1. The summed E-state index contributed by atoms with van der Waals surface area (Å²) in [6.07, 6.45) is 2.81. The quantitative estimate of drug-likeness (QED) is 0.670. The van der Waals surface area contributed by atoms with Gasteiger partial charge in [0.25, 0.3) is 0 Å². The van der Waals surface area contributed by atoms with Crippen LogP contribution in [0, 0.1) is 0 Å². The van der Waals surface area contributed by atoms with Crippen molar-refractivity contribution in [2.75, 3.05) is 6.54 Å². The highest BCUT2D eigenvalue weighted by Gasteiger charge is 2.22. The maximum Gasteiger partial charge on any atom is 0.410 e. The van der Waals surface area contributed by atoms with Gasteiger partial charge in [0.05, 0.1) is 0 Å². The van der Waals surface area contributed by atoms with Crippen LogP contribution >= 0.6 is 0 Å². The molecule has 0 spiro atoms. The molecule has 4 nitrogen and oxygen atoms in total. The summed E-state index contributed by atoms with van der Waals surface area (Å²) in [5, 5.41) is 0. The Hall–Kier alpha value is -2.10. The normalized spacial score (nSPS) is 10.9. The number of hydrogen-bond acceptors (Lipinski definition) is 3. The average molecular weight is 317 g/mol. The van der Waals surface area contributed by atoms with E-state index < -0.39 is 11.7 Å². The van der Waals surface area contributed by atoms with E-state index in [0.717, 1.165) is 5.56 Å². The number of carbonyl (C=O) groups is 2. The molecule has 1 rings (SSSR count). The maximum atomic E-state index is 12.4. The van der Waals surface area contributed by atoms with Crippen LogP contribution in [-0.2, 0) is 16.1 Å². The van der Waals surface area contributed by atoms with Crippen LogP contribution in [-0.4, -0.2) is 28.9 Å². The van der Waals surface area contributed by atoms with Gasteiger partial charge in [-0.3, -0.25) is 4.79 Å². The van der Waals surface area contributed by atoms with Crippen molar-refractivity contribution < 1.29 is 14.3 Å². The van der Waals surface area contributed by atoms with Gasteiger partial charge in [0.1, 0.15) is 11.4 Å². The number of nitrogens with zero attached hydrogens (tertiary/aromatic N) is 1. The molecule has 1 aromatic carbocycles. The summed E-state index contributed by atoms with van der Waals surface area (Å²) in [7, 11) is 0. The lowest BCUT2D eigenvalue weighted by atomic mass is 10.1. The molecule has 1 amide bonds. The van der Waals surface area contributed by atoms with Gasteiger partial charge in [-0.2, -0.15) is 0 Å². The molecule has 0 fully saturated rings. The van der Waals surface area contributed by atoms with Crippen molar-refractivity contribution in [1.82, 2.24) is 4.90 Å². The first-order valence-electron chi connectivity index (χ1n) is 7.96. The van der Waals surface area contributed by atoms with E-state index >= 15 is 0 Å². The highest BCUT2D eigenvalue weighted by Crippen LogP contribution is 2.13. The fourth-order valence-electron chi connectivity index (χ4n) is 2.01. The van der Waals surface area contributed by atoms with Crippen molar-refractivity contribution in [3.63, 3.8) is 0 Å². The van der Waals surface area contributed by atoms with Gasteiger partial charge in [0, 0.05) is 25.9 Å². The second kappa shape index (κ2) is 9.13. The smallest absolute Gasteiger partial charge is 0.410 e. The first-order valence-corrected chi connectivity index (χ1v) is 7.96. The molecule has 0 unspecified atom stereocenters. The van der Waals surface area contributed by atoms with E-state index in [-0.39, 0.29) is 5.78 Å². The predicted molar refractivity (Wildman–Crippen MR) is 92.1 cm³/mol. The van der Waals surface area contributed by atoms with Gasteiger partial charge in [0.2, 0.25) is 0 Å². The molecule has 0 saturated heterocycles. The van der Waals surface area contributed by atoms with Crippen molar-refractivity contribution in [3.8, 4) is 0 Å². The fourth-order valence-corrected chi connectivity index (χ4v) is 2.01. The third-order valence-corrected chi connectivity index (χ3v) is 3.16. The van der Waals surface area contributed by atoms with Crippen molar-refractivity contribution in [2.24, 2.45) is 0 Å². The summed E-state index contributed by atoms with van der Waals surface area (Å²) in [5.74, 6) is 0.131. The third kappa shape index (κ3) is 8.19. The Balaban J connectivity index is 2.69. The van der Waals surface area contributed by atoms with Crippen molar-refractivity contribution in [2.45, 2.75) is 52.2 Å². The van der Waals surface area contributed by atoms with Crippen molar-refractivity contribution >= 4 is 11.9 Å². The monoisotopic (exact) mass is 317 g/mol. The number of rotatable bonds is 8. The van der Waals surface area contributed by atoms with Gasteiger partial charge in [-0.15, -0.1) is 6.58 Å². The van der Waals surface area contributed by atoms with E-state index in [4.69, 9.17) is 4.74 Å². The van der Waals surface area contributed by atoms with Crippen LogP contribution in [0.25, 0.3) is 0 Å². The molecule has 0 aliphatic heterocycles. The van der Waals surface area contributed by atoms with E-state index in [1.165, 1.54) is 0 Å². The molecule has 0 aliphatic carbocycles. The minimum atomic E-state index is -0.557. The number of amides is 1. The Labute approximate surface area is 139 Å². The topological polar surface area (TPSA) is 46.6 Å². The largest absolute Gasteiger partial charge is 0.444 e. The molecular weight excluding hydrogens is 290 g/mol. The number of benzene rings is 1. The molecule has 0 N–H and O–H groups in total. The molecule has 0 bridgehead atoms. The molecule has 1 aromatic rings. The lowest BCUT2D eigenvalue weighted by molar-refractivity contribution is -0.119. The van der Waals surface area contributed by atoms with Crippen molar-refractivity contribution in [1.29, 1.82) is 0 Å². The Bertz CT molecular complexity index is 517. The van der Waals surface area contributed by atoms with Crippen molar-refractivity contribution in [3.05, 3.63) is 48.6 Å². The van der Waals surface area contributed by atoms with Crippen LogP contribution in [0.2, 0.25) is 0 Å². The number of Topliss-reactive ketones (excluding diaryl/α,β-unsaturated/α-hetero) is 1. The van der Waals surface area contributed by atoms with Crippen LogP contribution < -0.4 is 0 Å². The van der Waals surface area contributed by atoms with Gasteiger partial charge in [-0.25, -0.2) is 4.79 Å². The fraction of sp³-hybridized carbons (Fsp3) is 0.474. The summed E-state index contributed by atoms with van der Waals surface area (Å²) in [4.78, 5) is 25.8. The Morgan fingerprint density at radius 2 is 1.83 bits per heavy atom. The number of hydrogen-bond donors (Lipinski definition) is 0. The second-order valence-corrected chi connectivity index (χ2v) is 6.50. The number of carbonyl (C=O) groups excluding carboxylic acids is 2. The zero-order valence-corrected chi connectivity index (χ0v) is 14.4. The van der Waals surface area contributed by atoms with Crippen LogP contribution in [0.15, 0.2) is 43.0 Å². The third-order valence-electron chi connectivity index (χ3n) is 3.16. The van der Waals surface area contributed by atoms with Gasteiger partial charge >= 0.3 is 6.09 Å². The highest BCUT2D eigenvalue weighted by molar-refractivity contribution is 5.79. The standard InChI is InChI=1S/C19H27NO3/c1-5-6-12-17(21)13-14-20(18(22)23-19(2,3)4)15-16-10-8-7-9-11-16/h5,7-11H,1,6,12-15H2,2-4H3. The Kier molecular flexibility index (Phi) is 7.52. The lowest BCUT2D eigenvalue weighted by Crippen LogP contribution is -2.37. The first-order chi connectivity index (χ1) is 10.8. The van der Waals surface area contributed by atoms with Crippen LogP contribution in [0.3, 0.4) is 0 Å². The molecule has 0 aromatic heterocycles. The van der Waals surface area contributed by atoms with Crippen LogP contribution in [0.5, 0.6) is 0 Å². The van der Waals surface area contributed by atoms with Gasteiger partial charge < -0.3 is 9.64 Å². The van der Waals surface area contributed by atoms with E-state index in [1.807, 2.05) is 51.1 Å². The maximum absolute atomic E-state index is 12.4. The van der Waals surface area contributed by atoms with E-state index in [0.29, 0.717) is 32.4 Å². The summed E-state index contributed by atoms with van der Waals surface area (Å²) in [5.41, 5.74) is 0.454. The minimum Gasteiger partial charge on any atom is -0.444 e. The summed E-state index contributed by atoms with van der Waals surface area (Å²) in [6.45, 7) is 9.91. The molecule has 0 saturated carbocycles. The number of allylic oxidation sites excluding steroid dienone is 1. The lowest BCUT2D eigenvalue weighted by Gasteiger charge is -2.27. The summed E-state index contributed by atoms with van der Waals surface area (Å²) in [6, 6.07) is 9.70. The molecule has 0 heterocycles. The van der Waals surface area contributed by atoms with E-state index in [9.17, 15) is 9.59 Å². The minimum absolute atomic E-state index is 0.131. The van der Waals surface area contributed by atoms with Gasteiger partial charge in [0.15, 0.2) is 0 Å². The first kappa shape index (κ1) is 18.9. The SMILES string of the molecule is C=CCCC(=O)CCN(Cc1ccccc1)C(=O)OC(C)(C)C. The molecule has 0 aliphatic rings. The molecule has 0 atom stereocenters. The van der Waals surface area contributed by atoms with E-state index in [2.05, 4.69) is 6.58 Å². The zero-order chi connectivity index (χ0) is 17.3. The van der Waals surface area contributed by atoms with E-state index in [1.54, 1.807) is 11.0 Å². The Morgan fingerprint density at radius 1 is 1.17 bits per heavy atom. The Morgan fingerprint density at radius 3 is 2.39 bits per heavy atom. The molecule has 23 heavy (non-hydrogen) atoms. The summed E-state index contributed by atoms with van der Waals surface area (Å²) >= 11 is 0.